The predicted octanol–water partition coefficient (Wildman–Crippen LogP) is 4.73. The van der Waals surface area contributed by atoms with Crippen LogP contribution in [0.3, 0.4) is 0 Å². The molecule has 2 fully saturated rings. The second-order valence-corrected chi connectivity index (χ2v) is 10.1. The van der Waals surface area contributed by atoms with E-state index in [1.807, 2.05) is 23.1 Å². The number of aromatic nitrogens is 1. The van der Waals surface area contributed by atoms with Gasteiger partial charge < -0.3 is 20.0 Å². The van der Waals surface area contributed by atoms with Gasteiger partial charge in [-0.1, -0.05) is 38.6 Å². The van der Waals surface area contributed by atoms with E-state index in [-0.39, 0.29) is 5.92 Å². The Bertz CT molecular complexity index is 1180. The number of nitrogens with one attached hydrogen (secondary N) is 1. The Hall–Kier alpha value is -3.19. The van der Waals surface area contributed by atoms with Gasteiger partial charge >= 0.3 is 0 Å². The van der Waals surface area contributed by atoms with E-state index < -0.39 is 0 Å². The quantitative estimate of drug-likeness (QED) is 0.598. The first kappa shape index (κ1) is 23.5. The molecule has 0 bridgehead atoms. The van der Waals surface area contributed by atoms with Crippen LogP contribution in [-0.4, -0.2) is 46.9 Å². The normalized spacial score (nSPS) is 18.5. The van der Waals surface area contributed by atoms with E-state index in [0.717, 1.165) is 83.6 Å². The van der Waals surface area contributed by atoms with Crippen molar-refractivity contribution in [3.63, 3.8) is 0 Å². The second kappa shape index (κ2) is 9.82. The largest absolute Gasteiger partial charge is 0.368 e. The van der Waals surface area contributed by atoms with Crippen LogP contribution >= 0.6 is 12.6 Å². The molecule has 3 aliphatic rings. The summed E-state index contributed by atoms with van der Waals surface area (Å²) in [6.45, 7) is 16.4. The standard InChI is InChI=1S/C28H33N5OS/c1-19-24-9-6-12-29-27(24)33(21(3)30-19)18-22-10-11-26(35)25(17-22)20(2)31-13-15-32(16-14-31)28(34)23-7-4-5-8-23/h6,9-12,17,23,30,35H,1-5,7-8,13-16,18H2. The smallest absolute Gasteiger partial charge is 0.225 e. The maximum atomic E-state index is 12.8. The van der Waals surface area contributed by atoms with Crippen LogP contribution in [0.2, 0.25) is 0 Å². The van der Waals surface area contributed by atoms with Gasteiger partial charge in [0.2, 0.25) is 5.91 Å². The first-order valence-electron chi connectivity index (χ1n) is 12.3. The molecule has 1 saturated heterocycles. The van der Waals surface area contributed by atoms with Gasteiger partial charge in [0.15, 0.2) is 0 Å². The van der Waals surface area contributed by atoms with Crippen LogP contribution in [-0.2, 0) is 11.3 Å². The molecule has 1 aromatic heterocycles. The number of hydrogen-bond acceptors (Lipinski definition) is 6. The van der Waals surface area contributed by atoms with E-state index in [9.17, 15) is 4.79 Å². The maximum Gasteiger partial charge on any atom is 0.225 e. The van der Waals surface area contributed by atoms with Crippen molar-refractivity contribution in [2.75, 3.05) is 31.1 Å². The van der Waals surface area contributed by atoms with Crippen molar-refractivity contribution in [3.8, 4) is 0 Å². The van der Waals surface area contributed by atoms with E-state index in [4.69, 9.17) is 12.6 Å². The molecule has 1 N–H and O–H groups in total. The number of hydrogen-bond donors (Lipinski definition) is 2. The lowest BCUT2D eigenvalue weighted by Gasteiger charge is -2.38. The van der Waals surface area contributed by atoms with Crippen LogP contribution in [0.25, 0.3) is 11.4 Å². The molecule has 2 aliphatic heterocycles. The van der Waals surface area contributed by atoms with Crippen molar-refractivity contribution >= 4 is 35.7 Å². The molecule has 3 heterocycles. The lowest BCUT2D eigenvalue weighted by atomic mass is 10.0. The Balaban J connectivity index is 1.29. The number of benzene rings is 1. The summed E-state index contributed by atoms with van der Waals surface area (Å²) in [5, 5.41) is 3.26. The molecule has 1 aliphatic carbocycles. The van der Waals surface area contributed by atoms with Gasteiger partial charge in [-0.05, 0) is 42.7 Å². The number of amides is 1. The van der Waals surface area contributed by atoms with E-state index >= 15 is 0 Å². The Morgan fingerprint density at radius 3 is 2.54 bits per heavy atom. The van der Waals surface area contributed by atoms with Gasteiger partial charge in [0, 0.05) is 65.7 Å². The molecule has 0 radical (unpaired) electrons. The molecule has 1 aromatic carbocycles. The zero-order valence-corrected chi connectivity index (χ0v) is 21.1. The highest BCUT2D eigenvalue weighted by atomic mass is 32.1. The first-order valence-corrected chi connectivity index (χ1v) is 12.8. The van der Waals surface area contributed by atoms with Crippen LogP contribution < -0.4 is 10.2 Å². The lowest BCUT2D eigenvalue weighted by Crippen LogP contribution is -2.49. The van der Waals surface area contributed by atoms with Crippen LogP contribution in [0.1, 0.15) is 42.4 Å². The van der Waals surface area contributed by atoms with Gasteiger partial charge in [-0.15, -0.1) is 12.6 Å². The summed E-state index contributed by atoms with van der Waals surface area (Å²) in [6, 6.07) is 10.2. The van der Waals surface area contributed by atoms with Crippen LogP contribution in [0.5, 0.6) is 0 Å². The monoisotopic (exact) mass is 487 g/mol. The number of fused-ring (bicyclic) bond motifs is 1. The summed E-state index contributed by atoms with van der Waals surface area (Å²) in [4.78, 5) is 24.7. The van der Waals surface area contributed by atoms with Crippen LogP contribution in [0.15, 0.2) is 67.0 Å². The number of thiol groups is 1. The molecule has 182 valence electrons. The fraction of sp³-hybridized carbons (Fsp3) is 0.357. The minimum absolute atomic E-state index is 0.237. The molecule has 0 unspecified atom stereocenters. The summed E-state index contributed by atoms with van der Waals surface area (Å²) < 4.78 is 0. The average Bonchev–Trinajstić information content (AvgIpc) is 3.42. The molecule has 1 amide bonds. The minimum Gasteiger partial charge on any atom is -0.368 e. The average molecular weight is 488 g/mol. The van der Waals surface area contributed by atoms with Crippen molar-refractivity contribution in [2.45, 2.75) is 37.1 Å². The highest BCUT2D eigenvalue weighted by Crippen LogP contribution is 2.33. The molecule has 6 nitrogen and oxygen atoms in total. The van der Waals surface area contributed by atoms with Crippen molar-refractivity contribution in [2.24, 2.45) is 5.92 Å². The molecule has 2 aromatic rings. The van der Waals surface area contributed by atoms with Gasteiger partial charge in [-0.3, -0.25) is 4.79 Å². The van der Waals surface area contributed by atoms with E-state index in [0.29, 0.717) is 12.5 Å². The summed E-state index contributed by atoms with van der Waals surface area (Å²) in [7, 11) is 0. The van der Waals surface area contributed by atoms with Gasteiger partial charge in [0.05, 0.1) is 6.54 Å². The van der Waals surface area contributed by atoms with Gasteiger partial charge in [-0.2, -0.15) is 0 Å². The Morgan fingerprint density at radius 2 is 1.80 bits per heavy atom. The summed E-state index contributed by atoms with van der Waals surface area (Å²) >= 11 is 4.73. The van der Waals surface area contributed by atoms with E-state index in [2.05, 4.69) is 52.0 Å². The van der Waals surface area contributed by atoms with Crippen molar-refractivity contribution < 1.29 is 4.79 Å². The maximum absolute atomic E-state index is 12.8. The fourth-order valence-electron chi connectivity index (χ4n) is 5.35. The van der Waals surface area contributed by atoms with Crippen LogP contribution in [0.4, 0.5) is 5.82 Å². The highest BCUT2D eigenvalue weighted by molar-refractivity contribution is 7.80. The van der Waals surface area contributed by atoms with E-state index in [1.165, 1.54) is 12.8 Å². The molecule has 5 rings (SSSR count). The molecule has 7 heteroatoms. The molecule has 35 heavy (non-hydrogen) atoms. The number of piperazine rings is 1. The Morgan fingerprint density at radius 1 is 1.09 bits per heavy atom. The summed E-state index contributed by atoms with van der Waals surface area (Å²) in [5.74, 6) is 2.18. The number of carbonyl (C=O) groups is 1. The SMILES string of the molecule is C=C1NC(=C)N(Cc2ccc(S)c(C(=C)N3CCN(C(=O)C4CCCC4)CC3)c2)c2ncccc21. The fourth-order valence-corrected chi connectivity index (χ4v) is 5.62. The van der Waals surface area contributed by atoms with Gasteiger partial charge in [-0.25, -0.2) is 4.98 Å². The Kier molecular flexibility index (Phi) is 6.60. The number of nitrogens with zero attached hydrogens (tertiary/aromatic N) is 4. The summed E-state index contributed by atoms with van der Waals surface area (Å²) in [6.07, 6.45) is 6.26. The number of rotatable bonds is 5. The molecule has 0 atom stereocenters. The van der Waals surface area contributed by atoms with Crippen molar-refractivity contribution in [3.05, 3.63) is 78.8 Å². The first-order chi connectivity index (χ1) is 16.9. The third kappa shape index (κ3) is 4.69. The lowest BCUT2D eigenvalue weighted by molar-refractivity contribution is -0.136. The number of carbonyl (C=O) groups excluding carboxylic acids is 1. The molecular weight excluding hydrogens is 454 g/mol. The molecule has 0 spiro atoms. The zero-order valence-electron chi connectivity index (χ0n) is 20.2. The van der Waals surface area contributed by atoms with E-state index in [1.54, 1.807) is 6.20 Å². The highest BCUT2D eigenvalue weighted by Gasteiger charge is 2.30. The van der Waals surface area contributed by atoms with Crippen LogP contribution in [0, 0.1) is 5.92 Å². The minimum atomic E-state index is 0.237. The molecule has 1 saturated carbocycles. The Labute approximate surface area is 213 Å². The summed E-state index contributed by atoms with van der Waals surface area (Å²) in [5.41, 5.74) is 4.86. The predicted molar refractivity (Wildman–Crippen MR) is 145 cm³/mol. The second-order valence-electron chi connectivity index (χ2n) is 9.60. The number of anilines is 1. The zero-order chi connectivity index (χ0) is 24.5. The third-order valence-electron chi connectivity index (χ3n) is 7.38. The third-order valence-corrected chi connectivity index (χ3v) is 7.77. The number of pyridine rings is 1. The topological polar surface area (TPSA) is 51.7 Å². The van der Waals surface area contributed by atoms with Gasteiger partial charge in [0.1, 0.15) is 11.6 Å². The van der Waals surface area contributed by atoms with Crippen molar-refractivity contribution in [1.82, 2.24) is 20.1 Å². The van der Waals surface area contributed by atoms with Gasteiger partial charge in [0.25, 0.3) is 0 Å². The van der Waals surface area contributed by atoms with Crippen molar-refractivity contribution in [1.29, 1.82) is 0 Å². The molecular formula is C28H33N5OS.